The number of ketones is 4. The molecular weight excluding hydrogens is 1090 g/mol. The highest BCUT2D eigenvalue weighted by Crippen LogP contribution is 2.23. The third-order valence-corrected chi connectivity index (χ3v) is 15.6. The molecule has 4 rings (SSSR count). The van der Waals surface area contributed by atoms with Gasteiger partial charge in [-0.25, -0.2) is 0 Å². The maximum Gasteiger partial charge on any atom is 0.239 e. The van der Waals surface area contributed by atoms with Gasteiger partial charge in [-0.05, 0) is 131 Å². The lowest BCUT2D eigenvalue weighted by Crippen LogP contribution is -2.49. The van der Waals surface area contributed by atoms with Crippen molar-refractivity contribution in [2.24, 2.45) is 64.2 Å². The first kappa shape index (κ1) is 71.2. The number of amides is 5. The highest BCUT2D eigenvalue weighted by molar-refractivity contribution is 5.96. The van der Waals surface area contributed by atoms with Crippen molar-refractivity contribution in [2.75, 3.05) is 19.6 Å². The van der Waals surface area contributed by atoms with E-state index in [1.54, 1.807) is 0 Å². The number of benzene rings is 4. The van der Waals surface area contributed by atoms with Crippen molar-refractivity contribution in [1.29, 1.82) is 0 Å². The molecular formula is C68H97N9O9. The summed E-state index contributed by atoms with van der Waals surface area (Å²) in [6.45, 7) is 8.39. The number of hydrogen-bond acceptors (Lipinski definition) is 13. The number of nitrogens with one attached hydrogen (secondary N) is 4. The zero-order valence-corrected chi connectivity index (χ0v) is 51.1. The summed E-state index contributed by atoms with van der Waals surface area (Å²) < 4.78 is 0. The Balaban J connectivity index is 1.37. The minimum atomic E-state index is -1.11. The predicted molar refractivity (Wildman–Crippen MR) is 336 cm³/mol. The van der Waals surface area contributed by atoms with Gasteiger partial charge in [-0.2, -0.15) is 0 Å². The van der Waals surface area contributed by atoms with E-state index in [1.165, 1.54) is 0 Å². The van der Waals surface area contributed by atoms with Crippen LogP contribution in [-0.2, 0) is 68.8 Å². The average molecular weight is 1180 g/mol. The number of carbonyl (C=O) groups is 9. The monoisotopic (exact) mass is 1180 g/mol. The lowest BCUT2D eigenvalue weighted by molar-refractivity contribution is -0.135. The lowest BCUT2D eigenvalue weighted by atomic mass is 9.88. The molecule has 468 valence electrons. The first-order valence-corrected chi connectivity index (χ1v) is 30.8. The van der Waals surface area contributed by atoms with Crippen LogP contribution in [0, 0.1) is 35.5 Å². The van der Waals surface area contributed by atoms with Crippen LogP contribution in [0.15, 0.2) is 121 Å². The Morgan fingerprint density at radius 3 is 1.06 bits per heavy atom. The van der Waals surface area contributed by atoms with Crippen molar-refractivity contribution in [1.82, 2.24) is 21.3 Å². The summed E-state index contributed by atoms with van der Waals surface area (Å²) in [7, 11) is 0. The Kier molecular flexibility index (Phi) is 32.1. The van der Waals surface area contributed by atoms with Gasteiger partial charge < -0.3 is 49.9 Å². The molecule has 0 aliphatic heterocycles. The summed E-state index contributed by atoms with van der Waals surface area (Å²) in [6.07, 6.45) is 3.23. The minimum Gasteiger partial charge on any atom is -0.368 e. The fourth-order valence-corrected chi connectivity index (χ4v) is 10.7. The van der Waals surface area contributed by atoms with Crippen molar-refractivity contribution in [3.05, 3.63) is 144 Å². The normalized spacial score (nSPS) is 14.5. The molecule has 4 aromatic rings. The minimum absolute atomic E-state index is 0.00510. The number of Topliss-reactive ketones (excluding diaryl/α,β-unsaturated/α-hetero) is 4. The van der Waals surface area contributed by atoms with E-state index in [0.717, 1.165) is 22.3 Å². The van der Waals surface area contributed by atoms with Gasteiger partial charge in [0.05, 0.1) is 24.2 Å². The molecule has 0 heterocycles. The van der Waals surface area contributed by atoms with Gasteiger partial charge >= 0.3 is 0 Å². The standard InChI is InChI=1S/C68H97N9O9/c1-45(2)35-58(76-67(85)53(37-47-21-9-5-10-22-47)43-60(78)55(71)39-49-25-13-7-14-26-49)62(80)41-51(29-19-32-69)65(83)74-34-18-17-31-57(64(73)82)75-66(84)52(30-20-33-70)42-63(81)59(36-46(3)4)77-68(86)54(38-48-23-11-6-12-24-48)44-61(79)56(72)40-50-27-15-8-16-28-50/h5-16,21-28,45-46,51-59H,17-20,29-44,69-72H2,1-4H3,(H2,73,82)(H,74,83)(H,75,84)(H,76,85)(H,77,86)/t51-,52-,53-,54-,55+,56+,57+,58+,59+/m0/s1. The average Bonchev–Trinajstić information content (AvgIpc) is 3.62. The lowest BCUT2D eigenvalue weighted by Gasteiger charge is -2.26. The molecule has 5 amide bonds. The Bertz CT molecular complexity index is 2730. The third-order valence-electron chi connectivity index (χ3n) is 15.6. The SMILES string of the molecule is CC(C)C[C@@H](NC(=O)[C@H](CC(=O)[C@H](N)Cc1ccccc1)Cc1ccccc1)C(=O)C[C@H](CCCN)C(=O)NCCCC[C@@H](NC(=O)[C@@H](CCCN)CC(=O)[C@@H](CC(C)C)NC(=O)[C@H](CC(=O)[C@H](N)Cc1ccccc1)Cc1ccccc1)C(N)=O. The summed E-state index contributed by atoms with van der Waals surface area (Å²) in [4.78, 5) is 125. The van der Waals surface area contributed by atoms with Gasteiger partial charge in [0.1, 0.15) is 6.04 Å². The maximum atomic E-state index is 14.3. The highest BCUT2D eigenvalue weighted by atomic mass is 16.2. The smallest absolute Gasteiger partial charge is 0.239 e. The third kappa shape index (κ3) is 26.6. The molecule has 0 aliphatic rings. The number of carbonyl (C=O) groups excluding carboxylic acids is 9. The van der Waals surface area contributed by atoms with Crippen LogP contribution < -0.4 is 49.9 Å². The Morgan fingerprint density at radius 1 is 0.384 bits per heavy atom. The van der Waals surface area contributed by atoms with Crippen molar-refractivity contribution < 1.29 is 43.2 Å². The molecule has 0 saturated heterocycles. The van der Waals surface area contributed by atoms with Crippen molar-refractivity contribution in [3.8, 4) is 0 Å². The number of nitrogens with two attached hydrogens (primary N) is 5. The molecule has 0 aromatic heterocycles. The Labute approximate surface area is 509 Å². The number of hydrogen-bond donors (Lipinski definition) is 9. The van der Waals surface area contributed by atoms with Crippen LogP contribution >= 0.6 is 0 Å². The molecule has 0 spiro atoms. The van der Waals surface area contributed by atoms with E-state index in [0.29, 0.717) is 51.4 Å². The molecule has 0 bridgehead atoms. The quantitative estimate of drug-likeness (QED) is 0.0240. The number of primary amides is 1. The Hall–Kier alpha value is -7.25. The molecule has 18 nitrogen and oxygen atoms in total. The van der Waals surface area contributed by atoms with Gasteiger partial charge in [-0.3, -0.25) is 43.2 Å². The van der Waals surface area contributed by atoms with Crippen LogP contribution in [0.1, 0.15) is 133 Å². The summed E-state index contributed by atoms with van der Waals surface area (Å²) >= 11 is 0. The van der Waals surface area contributed by atoms with E-state index in [-0.39, 0.29) is 118 Å². The topological polar surface area (TPSA) is 332 Å². The highest BCUT2D eigenvalue weighted by Gasteiger charge is 2.35. The molecule has 4 aromatic carbocycles. The molecule has 0 unspecified atom stereocenters. The summed E-state index contributed by atoms with van der Waals surface area (Å²) in [5, 5.41) is 11.6. The van der Waals surface area contributed by atoms with E-state index >= 15 is 0 Å². The van der Waals surface area contributed by atoms with Gasteiger partial charge in [-0.1, -0.05) is 149 Å². The van der Waals surface area contributed by atoms with Crippen LogP contribution in [0.25, 0.3) is 0 Å². The Morgan fingerprint density at radius 2 is 0.709 bits per heavy atom. The second kappa shape index (κ2) is 38.7. The second-order valence-corrected chi connectivity index (χ2v) is 23.9. The van der Waals surface area contributed by atoms with Gasteiger partial charge in [0, 0.05) is 55.9 Å². The molecule has 9 atom stereocenters. The van der Waals surface area contributed by atoms with Gasteiger partial charge in [0.25, 0.3) is 0 Å². The van der Waals surface area contributed by atoms with Crippen LogP contribution in [0.5, 0.6) is 0 Å². The van der Waals surface area contributed by atoms with Crippen LogP contribution in [-0.4, -0.2) is 103 Å². The molecule has 0 radical (unpaired) electrons. The largest absolute Gasteiger partial charge is 0.368 e. The van der Waals surface area contributed by atoms with Crippen LogP contribution in [0.2, 0.25) is 0 Å². The van der Waals surface area contributed by atoms with Crippen molar-refractivity contribution in [2.45, 2.75) is 167 Å². The van der Waals surface area contributed by atoms with Gasteiger partial charge in [0.2, 0.25) is 29.5 Å². The molecule has 14 N–H and O–H groups in total. The van der Waals surface area contributed by atoms with E-state index in [4.69, 9.17) is 28.7 Å². The first-order valence-electron chi connectivity index (χ1n) is 30.8. The van der Waals surface area contributed by atoms with Gasteiger partial charge in [-0.15, -0.1) is 0 Å². The predicted octanol–water partition coefficient (Wildman–Crippen LogP) is 5.71. The second-order valence-electron chi connectivity index (χ2n) is 23.9. The number of unbranched alkanes of at least 4 members (excludes halogenated alkanes) is 1. The summed E-state index contributed by atoms with van der Waals surface area (Å²) in [5.41, 5.74) is 33.8. The van der Waals surface area contributed by atoms with Gasteiger partial charge in [0.15, 0.2) is 23.1 Å². The zero-order valence-electron chi connectivity index (χ0n) is 51.1. The van der Waals surface area contributed by atoms with E-state index < -0.39 is 77.5 Å². The number of rotatable bonds is 43. The van der Waals surface area contributed by atoms with E-state index in [1.807, 2.05) is 149 Å². The molecule has 0 saturated carbocycles. The zero-order chi connectivity index (χ0) is 63.0. The molecule has 18 heteroatoms. The van der Waals surface area contributed by atoms with E-state index in [9.17, 15) is 43.2 Å². The first-order chi connectivity index (χ1) is 41.2. The maximum absolute atomic E-state index is 14.3. The molecule has 86 heavy (non-hydrogen) atoms. The van der Waals surface area contributed by atoms with E-state index in [2.05, 4.69) is 21.3 Å². The fraction of sp³-hybridized carbons (Fsp3) is 0.515. The molecule has 0 fully saturated rings. The van der Waals surface area contributed by atoms with Crippen molar-refractivity contribution >= 4 is 52.7 Å². The van der Waals surface area contributed by atoms with Crippen LogP contribution in [0.3, 0.4) is 0 Å². The van der Waals surface area contributed by atoms with Crippen molar-refractivity contribution in [3.63, 3.8) is 0 Å². The summed E-state index contributed by atoms with van der Waals surface area (Å²) in [6, 6.07) is 32.7. The van der Waals surface area contributed by atoms with Crippen LogP contribution in [0.4, 0.5) is 0 Å². The summed E-state index contributed by atoms with van der Waals surface area (Å²) in [5.74, 6) is -7.27. The molecule has 0 aliphatic carbocycles. The fourth-order valence-electron chi connectivity index (χ4n) is 10.7.